The van der Waals surface area contributed by atoms with E-state index in [0.717, 1.165) is 36.0 Å². The van der Waals surface area contributed by atoms with Gasteiger partial charge in [0.1, 0.15) is 6.07 Å². The molecule has 0 aliphatic heterocycles. The highest BCUT2D eigenvalue weighted by Gasteiger charge is 2.34. The fraction of sp³-hybridized carbons (Fsp3) is 0.389. The lowest BCUT2D eigenvalue weighted by Crippen LogP contribution is -2.51. The maximum absolute atomic E-state index is 10.9. The van der Waals surface area contributed by atoms with Gasteiger partial charge in [-0.1, -0.05) is 25.1 Å². The first-order chi connectivity index (χ1) is 11.6. The van der Waals surface area contributed by atoms with Crippen molar-refractivity contribution in [1.29, 1.82) is 5.26 Å². The van der Waals surface area contributed by atoms with Crippen molar-refractivity contribution in [1.82, 2.24) is 9.88 Å². The molecule has 24 heavy (non-hydrogen) atoms. The highest BCUT2D eigenvalue weighted by molar-refractivity contribution is 5.94. The molecule has 1 fully saturated rings. The molecular formula is C18H20N4O2. The predicted octanol–water partition coefficient (Wildman–Crippen LogP) is 2.46. The van der Waals surface area contributed by atoms with Gasteiger partial charge in [0.15, 0.2) is 0 Å². The molecule has 0 saturated heterocycles. The van der Waals surface area contributed by atoms with Crippen molar-refractivity contribution in [3.05, 3.63) is 36.0 Å². The van der Waals surface area contributed by atoms with Crippen LogP contribution in [0.1, 0.15) is 25.3 Å². The van der Waals surface area contributed by atoms with Crippen LogP contribution < -0.4 is 5.32 Å². The van der Waals surface area contributed by atoms with E-state index >= 15 is 0 Å². The van der Waals surface area contributed by atoms with Gasteiger partial charge in [-0.3, -0.25) is 14.7 Å². The number of pyridine rings is 1. The van der Waals surface area contributed by atoms with Crippen molar-refractivity contribution in [2.75, 3.05) is 18.4 Å². The Bertz CT molecular complexity index is 793. The molecule has 0 unspecified atom stereocenters. The van der Waals surface area contributed by atoms with Crippen molar-refractivity contribution in [3.8, 4) is 6.07 Å². The van der Waals surface area contributed by atoms with Crippen LogP contribution in [0, 0.1) is 11.3 Å². The van der Waals surface area contributed by atoms with E-state index in [1.165, 1.54) is 0 Å². The topological polar surface area (TPSA) is 89.3 Å². The second-order valence-corrected chi connectivity index (χ2v) is 6.10. The van der Waals surface area contributed by atoms with Crippen molar-refractivity contribution in [2.24, 2.45) is 0 Å². The number of carboxylic acids is 1. The molecule has 1 saturated carbocycles. The van der Waals surface area contributed by atoms with E-state index in [1.807, 2.05) is 36.1 Å². The number of likely N-dealkylation sites (N-methyl/N-ethyl adjacent to an activating group) is 1. The molecule has 0 spiro atoms. The molecule has 3 rings (SSSR count). The molecule has 6 heteroatoms. The first-order valence-corrected chi connectivity index (χ1v) is 8.12. The lowest BCUT2D eigenvalue weighted by atomic mass is 9.85. The first-order valence-electron chi connectivity index (χ1n) is 8.12. The van der Waals surface area contributed by atoms with E-state index in [-0.39, 0.29) is 18.6 Å². The van der Waals surface area contributed by atoms with Crippen LogP contribution in [0.5, 0.6) is 0 Å². The normalized spacial score (nSPS) is 19.7. The number of benzene rings is 1. The summed E-state index contributed by atoms with van der Waals surface area (Å²) in [7, 11) is 0. The third kappa shape index (κ3) is 3.17. The number of rotatable bonds is 6. The number of carbonyl (C=O) groups is 1. The van der Waals surface area contributed by atoms with Crippen molar-refractivity contribution < 1.29 is 9.90 Å². The number of hydrogen-bond donors (Lipinski definition) is 2. The molecule has 1 heterocycles. The highest BCUT2D eigenvalue weighted by atomic mass is 16.4. The summed E-state index contributed by atoms with van der Waals surface area (Å²) >= 11 is 0. The number of carboxylic acid groups (broad SMARTS) is 1. The quantitative estimate of drug-likeness (QED) is 0.848. The Hall–Kier alpha value is -2.65. The summed E-state index contributed by atoms with van der Waals surface area (Å²) in [4.78, 5) is 17.2. The molecule has 0 radical (unpaired) electrons. The molecular weight excluding hydrogens is 304 g/mol. The summed E-state index contributed by atoms with van der Waals surface area (Å²) in [5, 5.41) is 22.7. The van der Waals surface area contributed by atoms with Crippen LogP contribution in [0.3, 0.4) is 0 Å². The van der Waals surface area contributed by atoms with Gasteiger partial charge in [-0.25, -0.2) is 0 Å². The Morgan fingerprint density at radius 3 is 2.88 bits per heavy atom. The molecule has 1 aromatic heterocycles. The van der Waals surface area contributed by atoms with Gasteiger partial charge in [-0.05, 0) is 25.5 Å². The Labute approximate surface area is 140 Å². The number of para-hydroxylation sites is 1. The summed E-state index contributed by atoms with van der Waals surface area (Å²) < 4.78 is 0. The van der Waals surface area contributed by atoms with Crippen LogP contribution in [0.15, 0.2) is 30.5 Å². The number of fused-ring (bicyclic) bond motifs is 1. The van der Waals surface area contributed by atoms with Gasteiger partial charge in [0.2, 0.25) is 0 Å². The van der Waals surface area contributed by atoms with Crippen LogP contribution in [-0.4, -0.2) is 46.1 Å². The molecule has 0 amide bonds. The number of anilines is 1. The number of aromatic nitrogens is 1. The SMILES string of the molecule is CCN(CC(=O)O)C1CC(Nc2c(C#N)cnc3ccccc23)C1. The second kappa shape index (κ2) is 6.85. The lowest BCUT2D eigenvalue weighted by molar-refractivity contribution is -0.139. The fourth-order valence-electron chi connectivity index (χ4n) is 3.26. The molecule has 2 aromatic rings. The zero-order chi connectivity index (χ0) is 17.1. The summed E-state index contributed by atoms with van der Waals surface area (Å²) in [5.74, 6) is -0.792. The van der Waals surface area contributed by atoms with Crippen LogP contribution in [0.4, 0.5) is 5.69 Å². The molecule has 0 atom stereocenters. The summed E-state index contributed by atoms with van der Waals surface area (Å²) in [6, 6.07) is 10.5. The van der Waals surface area contributed by atoms with Gasteiger partial charge in [-0.2, -0.15) is 5.26 Å². The number of nitrogens with one attached hydrogen (secondary N) is 1. The fourth-order valence-corrected chi connectivity index (χ4v) is 3.26. The minimum absolute atomic E-state index is 0.0789. The van der Waals surface area contributed by atoms with E-state index in [1.54, 1.807) is 6.20 Å². The zero-order valence-corrected chi connectivity index (χ0v) is 13.6. The van der Waals surface area contributed by atoms with Gasteiger partial charge in [0.25, 0.3) is 0 Å². The van der Waals surface area contributed by atoms with Gasteiger partial charge in [0.05, 0.1) is 23.3 Å². The number of nitriles is 1. The van der Waals surface area contributed by atoms with E-state index in [4.69, 9.17) is 5.11 Å². The summed E-state index contributed by atoms with van der Waals surface area (Å²) in [6.07, 6.45) is 3.36. The first kappa shape index (κ1) is 16.2. The van der Waals surface area contributed by atoms with E-state index < -0.39 is 5.97 Å². The van der Waals surface area contributed by atoms with Crippen LogP contribution >= 0.6 is 0 Å². The minimum atomic E-state index is -0.792. The number of hydrogen-bond acceptors (Lipinski definition) is 5. The maximum Gasteiger partial charge on any atom is 0.317 e. The molecule has 1 aliphatic rings. The Morgan fingerprint density at radius 2 is 2.21 bits per heavy atom. The maximum atomic E-state index is 10.9. The third-order valence-corrected chi connectivity index (χ3v) is 4.62. The molecule has 1 aromatic carbocycles. The van der Waals surface area contributed by atoms with Gasteiger partial charge in [0, 0.05) is 23.7 Å². The average molecular weight is 324 g/mol. The van der Waals surface area contributed by atoms with Crippen molar-refractivity contribution in [3.63, 3.8) is 0 Å². The molecule has 6 nitrogen and oxygen atoms in total. The van der Waals surface area contributed by atoms with Crippen LogP contribution in [-0.2, 0) is 4.79 Å². The van der Waals surface area contributed by atoms with Crippen molar-refractivity contribution >= 4 is 22.6 Å². The number of nitrogens with zero attached hydrogens (tertiary/aromatic N) is 3. The van der Waals surface area contributed by atoms with Gasteiger partial charge < -0.3 is 10.4 Å². The molecule has 2 N–H and O–H groups in total. The van der Waals surface area contributed by atoms with E-state index in [9.17, 15) is 10.1 Å². The molecule has 1 aliphatic carbocycles. The lowest BCUT2D eigenvalue weighted by Gasteiger charge is -2.42. The average Bonchev–Trinajstić information content (AvgIpc) is 2.55. The monoisotopic (exact) mass is 324 g/mol. The second-order valence-electron chi connectivity index (χ2n) is 6.10. The Kier molecular flexibility index (Phi) is 4.63. The zero-order valence-electron chi connectivity index (χ0n) is 13.6. The minimum Gasteiger partial charge on any atom is -0.480 e. The van der Waals surface area contributed by atoms with Crippen LogP contribution in [0.2, 0.25) is 0 Å². The predicted molar refractivity (Wildman–Crippen MR) is 91.8 cm³/mol. The van der Waals surface area contributed by atoms with Gasteiger partial charge >= 0.3 is 5.97 Å². The Balaban J connectivity index is 1.73. The largest absolute Gasteiger partial charge is 0.480 e. The Morgan fingerprint density at radius 1 is 1.46 bits per heavy atom. The van der Waals surface area contributed by atoms with E-state index in [0.29, 0.717) is 5.56 Å². The van der Waals surface area contributed by atoms with Crippen molar-refractivity contribution in [2.45, 2.75) is 31.8 Å². The molecule has 0 bridgehead atoms. The summed E-state index contributed by atoms with van der Waals surface area (Å²) in [5.41, 5.74) is 2.22. The smallest absolute Gasteiger partial charge is 0.317 e. The van der Waals surface area contributed by atoms with Crippen LogP contribution in [0.25, 0.3) is 10.9 Å². The third-order valence-electron chi connectivity index (χ3n) is 4.62. The highest BCUT2D eigenvalue weighted by Crippen LogP contribution is 2.32. The standard InChI is InChI=1S/C18H20N4O2/c1-2-22(11-17(23)24)14-7-13(8-14)21-18-12(9-19)10-20-16-6-4-3-5-15(16)18/h3-6,10,13-14H,2,7-8,11H2,1H3,(H,20,21)(H,23,24). The molecule has 124 valence electrons. The van der Waals surface area contributed by atoms with E-state index in [2.05, 4.69) is 16.4 Å². The number of aliphatic carboxylic acids is 1. The summed E-state index contributed by atoms with van der Waals surface area (Å²) in [6.45, 7) is 2.79. The van der Waals surface area contributed by atoms with Gasteiger partial charge in [-0.15, -0.1) is 0 Å².